The minimum Gasteiger partial charge on any atom is -0.623 e. The fraction of sp³-hybridized carbons (Fsp3) is 0.0625. The summed E-state index contributed by atoms with van der Waals surface area (Å²) in [6.45, 7) is 1.32. The fourth-order valence-electron chi connectivity index (χ4n) is 2.59. The lowest BCUT2D eigenvalue weighted by atomic mass is 10.0. The zero-order valence-corrected chi connectivity index (χ0v) is 11.4. The predicted octanol–water partition coefficient (Wildman–Crippen LogP) is 0.686. The predicted molar refractivity (Wildman–Crippen MR) is 78.5 cm³/mol. The number of carbonyl (C=O) groups excluding carboxylic acids is 1. The minimum atomic E-state index is -0.387. The van der Waals surface area contributed by atoms with Crippen LogP contribution >= 0.6 is 0 Å². The molecule has 0 spiro atoms. The van der Waals surface area contributed by atoms with Gasteiger partial charge in [0.1, 0.15) is 0 Å². The molecule has 2 N–H and O–H groups in total. The molecule has 0 aliphatic carbocycles. The maximum atomic E-state index is 12.7. The Kier molecular flexibility index (Phi) is 3.40. The maximum absolute atomic E-state index is 12.7. The van der Waals surface area contributed by atoms with Crippen LogP contribution in [0.1, 0.15) is 12.5 Å². The molecule has 1 aliphatic rings. The monoisotopic (exact) mass is 282 g/mol. The van der Waals surface area contributed by atoms with Crippen molar-refractivity contribution in [2.24, 2.45) is 0 Å². The number of allylic oxidation sites excluding steroid dienone is 1. The van der Waals surface area contributed by atoms with Crippen molar-refractivity contribution in [1.29, 1.82) is 0 Å². The lowest BCUT2D eigenvalue weighted by Gasteiger charge is -2.35. The normalized spacial score (nSPS) is 21.1. The van der Waals surface area contributed by atoms with E-state index >= 15 is 0 Å². The minimum absolute atomic E-state index is 0.0232. The number of rotatable bonds is 2. The number of para-hydroxylation sites is 2. The molecule has 1 heterocycles. The van der Waals surface area contributed by atoms with Crippen LogP contribution in [-0.2, 0) is 4.79 Å². The molecular formula is C16H14N2O3. The van der Waals surface area contributed by atoms with Gasteiger partial charge in [0.25, 0.3) is 0 Å². The average Bonchev–Trinajstić information content (AvgIpc) is 2.51. The summed E-state index contributed by atoms with van der Waals surface area (Å²) in [6, 6.07) is 15.4. The van der Waals surface area contributed by atoms with E-state index < -0.39 is 0 Å². The molecule has 106 valence electrons. The van der Waals surface area contributed by atoms with Crippen LogP contribution in [0.15, 0.2) is 60.3 Å². The smallest absolute Gasteiger partial charge is 0.242 e. The number of carbonyl (C=O) groups is 1. The fourth-order valence-corrected chi connectivity index (χ4v) is 2.59. The number of hydrogen-bond acceptors (Lipinski definition) is 3. The van der Waals surface area contributed by atoms with Crippen molar-refractivity contribution < 1.29 is 14.9 Å². The van der Waals surface area contributed by atoms with E-state index in [0.717, 1.165) is 0 Å². The number of fused-ring (bicyclic) bond motifs is 1. The van der Waals surface area contributed by atoms with Gasteiger partial charge in [0.05, 0.1) is 0 Å². The highest BCUT2D eigenvalue weighted by Crippen LogP contribution is 2.23. The van der Waals surface area contributed by atoms with Gasteiger partial charge in [-0.05, 0) is 12.1 Å². The van der Waals surface area contributed by atoms with Crippen LogP contribution in [0.3, 0.4) is 0 Å². The molecule has 5 nitrogen and oxygen atoms in total. The summed E-state index contributed by atoms with van der Waals surface area (Å²) in [5.41, 5.74) is 1.42. The van der Waals surface area contributed by atoms with Crippen molar-refractivity contribution in [3.8, 4) is 0 Å². The van der Waals surface area contributed by atoms with E-state index in [2.05, 4.69) is 0 Å². The van der Waals surface area contributed by atoms with Gasteiger partial charge in [-0.1, -0.05) is 30.3 Å². The Labute approximate surface area is 121 Å². The first kappa shape index (κ1) is 13.7. The molecule has 1 aliphatic heterocycles. The summed E-state index contributed by atoms with van der Waals surface area (Å²) < 4.78 is 0. The Morgan fingerprint density at radius 3 is 1.95 bits per heavy atom. The van der Waals surface area contributed by atoms with Gasteiger partial charge in [-0.3, -0.25) is 14.9 Å². The molecule has 0 saturated heterocycles. The van der Waals surface area contributed by atoms with Gasteiger partial charge < -0.3 is 10.4 Å². The highest BCUT2D eigenvalue weighted by atomic mass is 16.5. The van der Waals surface area contributed by atoms with Gasteiger partial charge in [0.2, 0.25) is 17.2 Å². The molecule has 5 heteroatoms. The molecule has 0 aromatic heterocycles. The zero-order valence-electron chi connectivity index (χ0n) is 11.4. The lowest BCUT2D eigenvalue weighted by molar-refractivity contribution is -0.772. The summed E-state index contributed by atoms with van der Waals surface area (Å²) in [7, 11) is 0. The quantitative estimate of drug-likeness (QED) is 0.796. The van der Waals surface area contributed by atoms with E-state index in [0.29, 0.717) is 16.9 Å². The number of hydrogen-bond donors (Lipinski definition) is 2. The molecule has 2 unspecified atom stereocenters. The molecule has 21 heavy (non-hydrogen) atoms. The van der Waals surface area contributed by atoms with Gasteiger partial charge in [-0.2, -0.15) is 0 Å². The Bertz CT molecular complexity index is 725. The van der Waals surface area contributed by atoms with Crippen LogP contribution in [0.5, 0.6) is 0 Å². The van der Waals surface area contributed by atoms with E-state index in [9.17, 15) is 15.2 Å². The van der Waals surface area contributed by atoms with Crippen LogP contribution in [0.2, 0.25) is 0 Å². The van der Waals surface area contributed by atoms with Crippen molar-refractivity contribution in [3.63, 3.8) is 0 Å². The van der Waals surface area contributed by atoms with Gasteiger partial charge in [-0.15, -0.1) is 0 Å². The standard InChI is InChI=1S/C16H14N2O3/c1-11(19)15-16(12-7-3-2-4-8-12)18(21)14-10-6-5-9-13(14)17(15)20/h2-10,17-18H,1H3. The molecule has 2 aromatic rings. The molecule has 0 bridgehead atoms. The maximum Gasteiger partial charge on any atom is 0.242 e. The van der Waals surface area contributed by atoms with Crippen LogP contribution in [0.25, 0.3) is 5.70 Å². The van der Waals surface area contributed by atoms with Crippen molar-refractivity contribution >= 4 is 22.9 Å². The molecule has 0 amide bonds. The van der Waals surface area contributed by atoms with E-state index in [1.807, 2.05) is 6.07 Å². The summed E-state index contributed by atoms with van der Waals surface area (Å²) in [6.07, 6.45) is 0. The molecule has 3 rings (SSSR count). The topological polar surface area (TPSA) is 72.1 Å². The van der Waals surface area contributed by atoms with Gasteiger partial charge >= 0.3 is 0 Å². The number of quaternary nitrogens is 2. The van der Waals surface area contributed by atoms with Crippen LogP contribution < -0.4 is 10.1 Å². The van der Waals surface area contributed by atoms with Crippen molar-refractivity contribution in [1.82, 2.24) is 0 Å². The SMILES string of the molecule is CC(=O)C1=C(c2ccccc2)[NH+]([O-])c2ccccc2[NH+]1[O-]. The third-order valence-electron chi connectivity index (χ3n) is 3.53. The Hall–Kier alpha value is -2.31. The number of ketones is 1. The molecule has 0 saturated carbocycles. The third-order valence-corrected chi connectivity index (χ3v) is 3.53. The van der Waals surface area contributed by atoms with Crippen molar-refractivity contribution in [3.05, 3.63) is 76.3 Å². The van der Waals surface area contributed by atoms with E-state index in [1.54, 1.807) is 48.5 Å². The van der Waals surface area contributed by atoms with Crippen LogP contribution in [0.4, 0.5) is 11.4 Å². The first-order valence-corrected chi connectivity index (χ1v) is 6.60. The second-order valence-corrected chi connectivity index (χ2v) is 4.88. The number of Topliss-reactive ketones (excluding diaryl/α,β-unsaturated/α-hetero) is 1. The first-order chi connectivity index (χ1) is 10.1. The van der Waals surface area contributed by atoms with E-state index in [1.165, 1.54) is 6.92 Å². The second kappa shape index (κ2) is 5.23. The lowest BCUT2D eigenvalue weighted by Crippen LogP contribution is -3.11. The molecule has 0 radical (unpaired) electrons. The highest BCUT2D eigenvalue weighted by molar-refractivity contribution is 5.98. The summed E-state index contributed by atoms with van der Waals surface area (Å²) >= 11 is 0. The summed E-state index contributed by atoms with van der Waals surface area (Å²) in [4.78, 5) is 11.9. The summed E-state index contributed by atoms with van der Waals surface area (Å²) in [5.74, 6) is -0.387. The highest BCUT2D eigenvalue weighted by Gasteiger charge is 2.36. The van der Waals surface area contributed by atoms with Gasteiger partial charge in [-0.25, -0.2) is 0 Å². The number of nitrogens with one attached hydrogen (secondary N) is 2. The average molecular weight is 282 g/mol. The Morgan fingerprint density at radius 2 is 1.38 bits per heavy atom. The first-order valence-electron chi connectivity index (χ1n) is 6.60. The number of benzene rings is 2. The Morgan fingerprint density at radius 1 is 0.857 bits per heavy atom. The summed E-state index contributed by atoms with van der Waals surface area (Å²) in [5, 5.41) is 24.6. The number of hydroxylamine groups is 2. The largest absolute Gasteiger partial charge is 0.623 e. The molecule has 0 fully saturated rings. The van der Waals surface area contributed by atoms with E-state index in [-0.39, 0.29) is 27.3 Å². The molecule has 2 aromatic carbocycles. The molecular weight excluding hydrogens is 268 g/mol. The van der Waals surface area contributed by atoms with Gasteiger partial charge in [0.15, 0.2) is 11.4 Å². The van der Waals surface area contributed by atoms with Crippen LogP contribution in [0, 0.1) is 10.4 Å². The molecule has 2 atom stereocenters. The van der Waals surface area contributed by atoms with Crippen molar-refractivity contribution in [2.45, 2.75) is 6.92 Å². The zero-order chi connectivity index (χ0) is 15.0. The van der Waals surface area contributed by atoms with Gasteiger partial charge in [0, 0.05) is 24.6 Å². The Balaban J connectivity index is 2.27. The van der Waals surface area contributed by atoms with Crippen LogP contribution in [-0.4, -0.2) is 5.78 Å². The van der Waals surface area contributed by atoms with Crippen molar-refractivity contribution in [2.75, 3.05) is 0 Å². The third kappa shape index (κ3) is 2.18. The van der Waals surface area contributed by atoms with E-state index in [4.69, 9.17) is 0 Å². The second-order valence-electron chi connectivity index (χ2n) is 4.88.